The van der Waals surface area contributed by atoms with Crippen LogP contribution in [0.5, 0.6) is 0 Å². The molecule has 0 aliphatic carbocycles. The molecule has 0 bridgehead atoms. The first kappa shape index (κ1) is 17.0. The van der Waals surface area contributed by atoms with E-state index in [1.165, 1.54) is 11.8 Å². The Morgan fingerprint density at radius 1 is 1.29 bits per heavy atom. The first-order valence-corrected chi connectivity index (χ1v) is 8.45. The van der Waals surface area contributed by atoms with Gasteiger partial charge >= 0.3 is 0 Å². The van der Waals surface area contributed by atoms with Crippen molar-refractivity contribution in [1.29, 1.82) is 0 Å². The third-order valence-corrected chi connectivity index (χ3v) is 5.26. The second-order valence-electron chi connectivity index (χ2n) is 5.93. The summed E-state index contributed by atoms with van der Waals surface area (Å²) in [7, 11) is 3.76. The van der Waals surface area contributed by atoms with Crippen LogP contribution in [0.4, 0.5) is 0 Å². The minimum absolute atomic E-state index is 0.341. The van der Waals surface area contributed by atoms with E-state index in [1.54, 1.807) is 0 Å². The number of aliphatic hydroxyl groups excluding tert-OH is 3. The SMILES string of the molecule is CCCCCC(O)C1OC2SC(N(C)C)=NC2C(O)C1O. The van der Waals surface area contributed by atoms with Crippen molar-refractivity contribution in [3.05, 3.63) is 0 Å². The summed E-state index contributed by atoms with van der Waals surface area (Å²) in [5.41, 5.74) is -0.341. The van der Waals surface area contributed by atoms with Crippen LogP contribution in [0.1, 0.15) is 32.6 Å². The van der Waals surface area contributed by atoms with Gasteiger partial charge in [-0.1, -0.05) is 37.9 Å². The molecule has 2 aliphatic heterocycles. The van der Waals surface area contributed by atoms with Gasteiger partial charge in [-0.15, -0.1) is 0 Å². The highest BCUT2D eigenvalue weighted by atomic mass is 32.2. The second-order valence-corrected chi connectivity index (χ2v) is 6.99. The van der Waals surface area contributed by atoms with Crippen LogP contribution in [-0.4, -0.2) is 75.4 Å². The first-order valence-electron chi connectivity index (χ1n) is 7.57. The van der Waals surface area contributed by atoms with E-state index in [2.05, 4.69) is 11.9 Å². The van der Waals surface area contributed by atoms with Crippen LogP contribution in [0.15, 0.2) is 4.99 Å². The number of ether oxygens (including phenoxy) is 1. The van der Waals surface area contributed by atoms with Gasteiger partial charge in [-0.2, -0.15) is 0 Å². The molecule has 2 heterocycles. The Bertz CT molecular complexity index is 380. The van der Waals surface area contributed by atoms with E-state index in [4.69, 9.17) is 4.74 Å². The molecule has 7 heteroatoms. The van der Waals surface area contributed by atoms with Crippen LogP contribution in [0.2, 0.25) is 0 Å². The lowest BCUT2D eigenvalue weighted by Gasteiger charge is -2.40. The number of hydrogen-bond acceptors (Lipinski definition) is 7. The molecule has 0 aromatic heterocycles. The Labute approximate surface area is 130 Å². The average Bonchev–Trinajstić information content (AvgIpc) is 2.87. The number of aliphatic imine (C=N–C) groups is 1. The van der Waals surface area contributed by atoms with Crippen molar-refractivity contribution in [2.75, 3.05) is 14.1 Å². The van der Waals surface area contributed by atoms with Crippen molar-refractivity contribution in [1.82, 2.24) is 4.90 Å². The highest BCUT2D eigenvalue weighted by Gasteiger charge is 2.50. The van der Waals surface area contributed by atoms with Crippen LogP contribution in [0.25, 0.3) is 0 Å². The van der Waals surface area contributed by atoms with Crippen molar-refractivity contribution >= 4 is 16.9 Å². The summed E-state index contributed by atoms with van der Waals surface area (Å²) in [6.45, 7) is 2.10. The van der Waals surface area contributed by atoms with Crippen LogP contribution < -0.4 is 0 Å². The average molecular weight is 318 g/mol. The van der Waals surface area contributed by atoms with Gasteiger partial charge in [0, 0.05) is 14.1 Å². The maximum absolute atomic E-state index is 10.3. The van der Waals surface area contributed by atoms with Gasteiger partial charge in [-0.05, 0) is 6.42 Å². The lowest BCUT2D eigenvalue weighted by Crippen LogP contribution is -2.58. The quantitative estimate of drug-likeness (QED) is 0.637. The van der Waals surface area contributed by atoms with E-state index < -0.39 is 30.5 Å². The van der Waals surface area contributed by atoms with E-state index >= 15 is 0 Å². The summed E-state index contributed by atoms with van der Waals surface area (Å²) in [5, 5.41) is 31.5. The van der Waals surface area contributed by atoms with E-state index in [0.717, 1.165) is 24.4 Å². The number of nitrogens with zero attached hydrogens (tertiary/aromatic N) is 2. The highest BCUT2D eigenvalue weighted by molar-refractivity contribution is 8.14. The number of thioether (sulfide) groups is 1. The molecule has 6 nitrogen and oxygen atoms in total. The minimum atomic E-state index is -1.10. The molecule has 6 atom stereocenters. The molecular formula is C14H26N2O4S. The van der Waals surface area contributed by atoms with Crippen molar-refractivity contribution in [3.63, 3.8) is 0 Å². The van der Waals surface area contributed by atoms with Crippen LogP contribution in [-0.2, 0) is 4.74 Å². The zero-order valence-corrected chi connectivity index (χ0v) is 13.7. The van der Waals surface area contributed by atoms with Gasteiger partial charge < -0.3 is 25.0 Å². The van der Waals surface area contributed by atoms with Crippen molar-refractivity contribution < 1.29 is 20.1 Å². The molecular weight excluding hydrogens is 292 g/mol. The Kier molecular flexibility index (Phi) is 5.90. The molecule has 21 heavy (non-hydrogen) atoms. The molecule has 1 saturated heterocycles. The van der Waals surface area contributed by atoms with Gasteiger partial charge in [0.05, 0.1) is 6.10 Å². The van der Waals surface area contributed by atoms with E-state index in [0.29, 0.717) is 6.42 Å². The molecule has 0 aromatic carbocycles. The fourth-order valence-corrected chi connectivity index (χ4v) is 3.82. The Balaban J connectivity index is 1.99. The van der Waals surface area contributed by atoms with Gasteiger partial charge in [-0.25, -0.2) is 0 Å². The lowest BCUT2D eigenvalue weighted by atomic mass is 9.92. The molecule has 0 radical (unpaired) electrons. The summed E-state index contributed by atoms with van der Waals surface area (Å²) < 4.78 is 5.83. The van der Waals surface area contributed by atoms with Crippen molar-refractivity contribution in [3.8, 4) is 0 Å². The Morgan fingerprint density at radius 3 is 2.62 bits per heavy atom. The second kappa shape index (κ2) is 7.28. The number of unbranched alkanes of at least 4 members (excludes halogenated alkanes) is 2. The standard InChI is InChI=1S/C14H26N2O4S/c1-4-5-6-7-8(17)12-11(19)10(18)9-13(20-12)21-14(15-9)16(2)3/h8-13,17-19H,4-7H2,1-3H3. The Morgan fingerprint density at radius 2 is 2.00 bits per heavy atom. The summed E-state index contributed by atoms with van der Waals surface area (Å²) in [4.78, 5) is 6.26. The number of amidine groups is 1. The third-order valence-electron chi connectivity index (χ3n) is 3.95. The first-order chi connectivity index (χ1) is 9.95. The van der Waals surface area contributed by atoms with Crippen LogP contribution >= 0.6 is 11.8 Å². The summed E-state index contributed by atoms with van der Waals surface area (Å²) in [5.74, 6) is 0. The zero-order valence-electron chi connectivity index (χ0n) is 12.8. The molecule has 0 amide bonds. The number of hydrogen-bond donors (Lipinski definition) is 3. The predicted octanol–water partition coefficient (Wildman–Crippen LogP) is 0.407. The van der Waals surface area contributed by atoms with Gasteiger partial charge in [0.1, 0.15) is 29.8 Å². The largest absolute Gasteiger partial charge is 0.390 e. The zero-order chi connectivity index (χ0) is 15.6. The fourth-order valence-electron chi connectivity index (χ4n) is 2.68. The van der Waals surface area contributed by atoms with E-state index in [-0.39, 0.29) is 5.44 Å². The minimum Gasteiger partial charge on any atom is -0.390 e. The van der Waals surface area contributed by atoms with Gasteiger partial charge in [0.15, 0.2) is 5.17 Å². The number of rotatable bonds is 5. The van der Waals surface area contributed by atoms with Gasteiger partial charge in [0.25, 0.3) is 0 Å². The predicted molar refractivity (Wildman–Crippen MR) is 83.3 cm³/mol. The molecule has 3 N–H and O–H groups in total. The smallest absolute Gasteiger partial charge is 0.161 e. The van der Waals surface area contributed by atoms with Crippen molar-refractivity contribution in [2.24, 2.45) is 4.99 Å². The van der Waals surface area contributed by atoms with E-state index in [9.17, 15) is 15.3 Å². The molecule has 2 rings (SSSR count). The van der Waals surface area contributed by atoms with Crippen molar-refractivity contribution in [2.45, 2.75) is 68.5 Å². The van der Waals surface area contributed by atoms with E-state index in [1.807, 2.05) is 19.0 Å². The topological polar surface area (TPSA) is 85.5 Å². The normalized spacial score (nSPS) is 37.0. The molecule has 1 fully saturated rings. The molecule has 122 valence electrons. The molecule has 0 aromatic rings. The maximum Gasteiger partial charge on any atom is 0.161 e. The Hall–Kier alpha value is -0.340. The lowest BCUT2D eigenvalue weighted by molar-refractivity contribution is -0.185. The van der Waals surface area contributed by atoms with Crippen LogP contribution in [0.3, 0.4) is 0 Å². The van der Waals surface area contributed by atoms with Gasteiger partial charge in [-0.3, -0.25) is 4.99 Å². The number of aliphatic hydroxyl groups is 3. The summed E-state index contributed by atoms with van der Waals surface area (Å²) >= 11 is 1.43. The van der Waals surface area contributed by atoms with Crippen LogP contribution in [0, 0.1) is 0 Å². The summed E-state index contributed by atoms with van der Waals surface area (Å²) in [6, 6.07) is -0.471. The number of fused-ring (bicyclic) bond motifs is 1. The highest BCUT2D eigenvalue weighted by Crippen LogP contribution is 2.38. The molecule has 0 spiro atoms. The molecule has 0 saturated carbocycles. The van der Waals surface area contributed by atoms with Gasteiger partial charge in [0.2, 0.25) is 0 Å². The maximum atomic E-state index is 10.3. The molecule has 6 unspecified atom stereocenters. The monoisotopic (exact) mass is 318 g/mol. The molecule has 2 aliphatic rings. The fraction of sp³-hybridized carbons (Fsp3) is 0.929. The third kappa shape index (κ3) is 3.71. The summed E-state index contributed by atoms with van der Waals surface area (Å²) in [6.07, 6.45) is -0.0322.